The molecule has 1 aliphatic heterocycles. The maximum Gasteiger partial charge on any atom is 0.301 e. The Labute approximate surface area is 229 Å². The summed E-state index contributed by atoms with van der Waals surface area (Å²) in [5.41, 5.74) is 1.37. The van der Waals surface area contributed by atoms with Crippen LogP contribution in [0, 0.1) is 5.82 Å². The number of aliphatic hydroxyl groups is 1. The lowest BCUT2D eigenvalue weighted by Gasteiger charge is -2.23. The van der Waals surface area contributed by atoms with Gasteiger partial charge in [-0.15, -0.1) is 0 Å². The number of amides is 1. The average Bonchev–Trinajstić information content (AvgIpc) is 3.46. The van der Waals surface area contributed by atoms with Crippen LogP contribution in [0.1, 0.15) is 43.9 Å². The largest absolute Gasteiger partial charge is 0.507 e. The van der Waals surface area contributed by atoms with Crippen LogP contribution in [0.25, 0.3) is 16.0 Å². The Morgan fingerprint density at radius 1 is 1.03 bits per heavy atom. The Morgan fingerprint density at radius 3 is 2.56 bits per heavy atom. The highest BCUT2D eigenvalue weighted by atomic mass is 32.1. The number of anilines is 1. The number of aliphatic hydroxyl groups excluding tert-OH is 1. The van der Waals surface area contributed by atoms with Gasteiger partial charge < -0.3 is 14.6 Å². The number of hydrogen-bond acceptors (Lipinski definition) is 7. The summed E-state index contributed by atoms with van der Waals surface area (Å²) in [5, 5.41) is 11.7. The first-order chi connectivity index (χ1) is 18.9. The highest BCUT2D eigenvalue weighted by Crippen LogP contribution is 2.44. The number of rotatable bonds is 9. The van der Waals surface area contributed by atoms with Gasteiger partial charge in [0, 0.05) is 5.56 Å². The third kappa shape index (κ3) is 5.22. The van der Waals surface area contributed by atoms with Crippen LogP contribution in [0.4, 0.5) is 9.52 Å². The van der Waals surface area contributed by atoms with Gasteiger partial charge in [0.2, 0.25) is 0 Å². The van der Waals surface area contributed by atoms with E-state index in [0.717, 1.165) is 24.2 Å². The summed E-state index contributed by atoms with van der Waals surface area (Å²) in [4.78, 5) is 32.7. The number of nitrogens with zero attached hydrogens (tertiary/aromatic N) is 2. The van der Waals surface area contributed by atoms with Crippen LogP contribution >= 0.6 is 11.3 Å². The molecule has 0 aliphatic carbocycles. The number of carbonyl (C=O) groups excluding carboxylic acids is 2. The minimum atomic E-state index is -0.962. The van der Waals surface area contributed by atoms with Gasteiger partial charge in [-0.3, -0.25) is 14.5 Å². The Kier molecular flexibility index (Phi) is 7.60. The predicted octanol–water partition coefficient (Wildman–Crippen LogP) is 6.64. The molecule has 7 nitrogen and oxygen atoms in total. The molecule has 1 unspecified atom stereocenters. The number of unbranched alkanes of at least 4 members (excludes halogenated alkanes) is 1. The normalized spacial score (nSPS) is 16.7. The summed E-state index contributed by atoms with van der Waals surface area (Å²) >= 11 is 1.10. The second-order valence-corrected chi connectivity index (χ2v) is 10.0. The number of halogens is 1. The molecule has 1 saturated heterocycles. The second-order valence-electron chi connectivity index (χ2n) is 9.01. The first-order valence-electron chi connectivity index (χ1n) is 12.7. The molecule has 4 aromatic rings. The van der Waals surface area contributed by atoms with Crippen LogP contribution in [-0.2, 0) is 9.59 Å². The summed E-state index contributed by atoms with van der Waals surface area (Å²) < 4.78 is 25.7. The number of Topliss-reactive ketones (excluding diaryl/α,β-unsaturated/α-hetero) is 1. The lowest BCUT2D eigenvalue weighted by molar-refractivity contribution is -0.132. The summed E-state index contributed by atoms with van der Waals surface area (Å²) in [7, 11) is 0. The molecule has 1 amide bonds. The predicted molar refractivity (Wildman–Crippen MR) is 149 cm³/mol. The van der Waals surface area contributed by atoms with Gasteiger partial charge in [-0.05, 0) is 61.4 Å². The van der Waals surface area contributed by atoms with Gasteiger partial charge in [-0.2, -0.15) is 0 Å². The molecule has 1 N–H and O–H groups in total. The van der Waals surface area contributed by atoms with E-state index in [1.807, 2.05) is 6.92 Å². The van der Waals surface area contributed by atoms with E-state index in [9.17, 15) is 19.1 Å². The van der Waals surface area contributed by atoms with Crippen molar-refractivity contribution in [1.82, 2.24) is 4.98 Å². The zero-order valence-corrected chi connectivity index (χ0v) is 22.3. The molecule has 1 fully saturated rings. The van der Waals surface area contributed by atoms with Crippen molar-refractivity contribution in [3.63, 3.8) is 0 Å². The minimum absolute atomic E-state index is 0.0692. The summed E-state index contributed by atoms with van der Waals surface area (Å²) in [6.45, 7) is 4.94. The van der Waals surface area contributed by atoms with Crippen LogP contribution in [0.15, 0.2) is 72.3 Å². The van der Waals surface area contributed by atoms with Crippen LogP contribution in [0.5, 0.6) is 11.5 Å². The number of fused-ring (bicyclic) bond motifs is 1. The third-order valence-corrected chi connectivity index (χ3v) is 7.39. The molecule has 1 aromatic heterocycles. The number of aromatic nitrogens is 1. The fourth-order valence-corrected chi connectivity index (χ4v) is 5.49. The molecule has 200 valence electrons. The first kappa shape index (κ1) is 26.4. The number of carbonyl (C=O) groups is 2. The SMILES string of the molecule is CCCCOc1cccc(C(O)=C2C(=O)C(=O)N(c3nc4ccc(F)cc4s3)C2c2ccc(OCC)cc2)c1. The van der Waals surface area contributed by atoms with Crippen molar-refractivity contribution in [2.75, 3.05) is 18.1 Å². The van der Waals surface area contributed by atoms with Gasteiger partial charge in [0.25, 0.3) is 5.78 Å². The van der Waals surface area contributed by atoms with Gasteiger partial charge in [0.05, 0.1) is 35.0 Å². The van der Waals surface area contributed by atoms with E-state index in [2.05, 4.69) is 11.9 Å². The smallest absolute Gasteiger partial charge is 0.301 e. The summed E-state index contributed by atoms with van der Waals surface area (Å²) in [5.74, 6) is -1.23. The fourth-order valence-electron chi connectivity index (χ4n) is 4.47. The lowest BCUT2D eigenvalue weighted by Crippen LogP contribution is -2.29. The number of benzene rings is 3. The Balaban J connectivity index is 1.64. The van der Waals surface area contributed by atoms with E-state index in [4.69, 9.17) is 9.47 Å². The van der Waals surface area contributed by atoms with E-state index in [-0.39, 0.29) is 16.5 Å². The van der Waals surface area contributed by atoms with Crippen LogP contribution in [-0.4, -0.2) is 35.0 Å². The molecule has 0 saturated carbocycles. The zero-order valence-electron chi connectivity index (χ0n) is 21.5. The quantitative estimate of drug-likeness (QED) is 0.110. The molecular weight excluding hydrogens is 519 g/mol. The van der Waals surface area contributed by atoms with Crippen molar-refractivity contribution in [3.05, 3.63) is 89.2 Å². The van der Waals surface area contributed by atoms with E-state index < -0.39 is 23.5 Å². The van der Waals surface area contributed by atoms with Crippen molar-refractivity contribution < 1.29 is 28.6 Å². The molecule has 39 heavy (non-hydrogen) atoms. The maximum atomic E-state index is 13.9. The Morgan fingerprint density at radius 2 is 1.82 bits per heavy atom. The maximum absolute atomic E-state index is 13.9. The molecule has 3 aromatic carbocycles. The van der Waals surface area contributed by atoms with Crippen molar-refractivity contribution in [2.24, 2.45) is 0 Å². The standard InChI is InChI=1S/C30H27FN2O5S/c1-3-5-15-38-22-8-6-7-19(16-22)27(34)25-26(18-9-12-21(13-10-18)37-4-2)33(29(36)28(25)35)30-32-23-14-11-20(31)17-24(23)39-30/h6-14,16-17,26,34H,3-5,15H2,1-2H3. The first-order valence-corrected chi connectivity index (χ1v) is 13.6. The highest BCUT2D eigenvalue weighted by molar-refractivity contribution is 7.22. The lowest BCUT2D eigenvalue weighted by atomic mass is 9.95. The number of thiazole rings is 1. The average molecular weight is 547 g/mol. The highest BCUT2D eigenvalue weighted by Gasteiger charge is 2.48. The Hall–Kier alpha value is -4.24. The molecule has 9 heteroatoms. The monoisotopic (exact) mass is 546 g/mol. The van der Waals surface area contributed by atoms with Crippen LogP contribution in [0.3, 0.4) is 0 Å². The summed E-state index contributed by atoms with van der Waals surface area (Å²) in [6, 6.07) is 17.0. The number of ketones is 1. The van der Waals surface area contributed by atoms with Crippen molar-refractivity contribution in [1.29, 1.82) is 0 Å². The number of hydrogen-bond donors (Lipinski definition) is 1. The second kappa shape index (κ2) is 11.2. The minimum Gasteiger partial charge on any atom is -0.507 e. The van der Waals surface area contributed by atoms with E-state index in [0.29, 0.717) is 46.1 Å². The molecule has 0 bridgehead atoms. The molecule has 1 atom stereocenters. The van der Waals surface area contributed by atoms with E-state index >= 15 is 0 Å². The van der Waals surface area contributed by atoms with Gasteiger partial charge in [0.15, 0.2) is 5.13 Å². The van der Waals surface area contributed by atoms with Crippen LogP contribution in [0.2, 0.25) is 0 Å². The summed E-state index contributed by atoms with van der Waals surface area (Å²) in [6.07, 6.45) is 1.86. The van der Waals surface area contributed by atoms with Crippen molar-refractivity contribution >= 4 is 44.1 Å². The fraction of sp³-hybridized carbons (Fsp3) is 0.233. The van der Waals surface area contributed by atoms with E-state index in [1.54, 1.807) is 48.5 Å². The van der Waals surface area contributed by atoms with Gasteiger partial charge in [-0.1, -0.05) is 48.9 Å². The molecular formula is C30H27FN2O5S. The third-order valence-electron chi connectivity index (χ3n) is 6.37. The molecule has 2 heterocycles. The van der Waals surface area contributed by atoms with Gasteiger partial charge in [-0.25, -0.2) is 9.37 Å². The molecule has 0 radical (unpaired) electrons. The number of ether oxygens (including phenoxy) is 2. The van der Waals surface area contributed by atoms with E-state index in [1.165, 1.54) is 23.1 Å². The zero-order chi connectivity index (χ0) is 27.5. The topological polar surface area (TPSA) is 89.0 Å². The molecule has 5 rings (SSSR count). The Bertz CT molecular complexity index is 1560. The van der Waals surface area contributed by atoms with Crippen LogP contribution < -0.4 is 14.4 Å². The van der Waals surface area contributed by atoms with Crippen molar-refractivity contribution in [3.8, 4) is 11.5 Å². The van der Waals surface area contributed by atoms with Gasteiger partial charge >= 0.3 is 5.91 Å². The molecule has 1 aliphatic rings. The van der Waals surface area contributed by atoms with Crippen molar-refractivity contribution in [2.45, 2.75) is 32.7 Å². The van der Waals surface area contributed by atoms with Gasteiger partial charge in [0.1, 0.15) is 23.1 Å². The molecule has 0 spiro atoms.